The van der Waals surface area contributed by atoms with Gasteiger partial charge >= 0.3 is 23.6 Å². The summed E-state index contributed by atoms with van der Waals surface area (Å²) >= 11 is 0. The zero-order chi connectivity index (χ0) is 26.5. The lowest BCUT2D eigenvalue weighted by Crippen LogP contribution is -2.50. The maximum Gasteiger partial charge on any atom is 0.338 e. The van der Waals surface area contributed by atoms with Crippen LogP contribution in [0.2, 0.25) is 0 Å². The Morgan fingerprint density at radius 3 is 2.46 bits per heavy atom. The Morgan fingerprint density at radius 1 is 0.973 bits per heavy atom. The van der Waals surface area contributed by atoms with E-state index in [0.29, 0.717) is 16.9 Å². The van der Waals surface area contributed by atoms with Gasteiger partial charge in [-0.15, -0.1) is 0 Å². The molecule has 2 N–H and O–H groups in total. The summed E-state index contributed by atoms with van der Waals surface area (Å²) in [5.41, 5.74) is 2.31. The van der Waals surface area contributed by atoms with Crippen LogP contribution in [0.25, 0.3) is 11.0 Å². The molecule has 0 saturated heterocycles. The molecule has 1 unspecified atom stereocenters. The maximum atomic E-state index is 12.6. The minimum atomic E-state index is -0.622. The molecule has 10 nitrogen and oxygen atoms in total. The van der Waals surface area contributed by atoms with Gasteiger partial charge < -0.3 is 29.3 Å². The van der Waals surface area contributed by atoms with Crippen molar-refractivity contribution in [2.45, 2.75) is 33.4 Å². The number of esters is 2. The number of ether oxygens (including phenoxy) is 3. The summed E-state index contributed by atoms with van der Waals surface area (Å²) in [5, 5.41) is 5.93. The van der Waals surface area contributed by atoms with Gasteiger partial charge in [0, 0.05) is 17.5 Å². The van der Waals surface area contributed by atoms with Crippen LogP contribution in [0.1, 0.15) is 35.3 Å². The van der Waals surface area contributed by atoms with E-state index in [1.54, 1.807) is 50.2 Å². The minimum Gasteiger partial charge on any atom is -0.489 e. The van der Waals surface area contributed by atoms with Gasteiger partial charge in [0.1, 0.15) is 24.5 Å². The fourth-order valence-corrected chi connectivity index (χ4v) is 3.91. The van der Waals surface area contributed by atoms with Crippen LogP contribution in [0.5, 0.6) is 5.75 Å². The number of urea groups is 1. The first-order valence-electron chi connectivity index (χ1n) is 11.7. The average molecular weight is 507 g/mol. The summed E-state index contributed by atoms with van der Waals surface area (Å²) in [4.78, 5) is 48.3. The predicted octanol–water partition coefficient (Wildman–Crippen LogP) is 3.36. The fraction of sp³-hybridized carbons (Fsp3) is 0.259. The highest BCUT2D eigenvalue weighted by Gasteiger charge is 2.30. The van der Waals surface area contributed by atoms with Gasteiger partial charge in [0.25, 0.3) is 0 Å². The Hall–Kier alpha value is -4.60. The van der Waals surface area contributed by atoms with Gasteiger partial charge in [-0.25, -0.2) is 19.2 Å². The molecule has 1 aliphatic heterocycles. The number of benzene rings is 2. The summed E-state index contributed by atoms with van der Waals surface area (Å²) in [6.07, 6.45) is 0. The third-order valence-electron chi connectivity index (χ3n) is 5.73. The lowest BCUT2D eigenvalue weighted by molar-refractivity contribution is -0.139. The van der Waals surface area contributed by atoms with E-state index < -0.39 is 29.6 Å². The van der Waals surface area contributed by atoms with Crippen molar-refractivity contribution in [2.24, 2.45) is 0 Å². The van der Waals surface area contributed by atoms with Crippen molar-refractivity contribution in [1.82, 2.24) is 10.6 Å². The van der Waals surface area contributed by atoms with Gasteiger partial charge in [-0.2, -0.15) is 0 Å². The molecule has 2 amide bonds. The maximum absolute atomic E-state index is 12.6. The second kappa shape index (κ2) is 11.0. The molecule has 2 heterocycles. The van der Waals surface area contributed by atoms with Crippen molar-refractivity contribution >= 4 is 28.9 Å². The zero-order valence-corrected chi connectivity index (χ0v) is 20.6. The number of carbonyl (C=O) groups is 3. The molecule has 0 bridgehead atoms. The summed E-state index contributed by atoms with van der Waals surface area (Å²) in [6.45, 7) is 5.25. The number of hydrogen-bond acceptors (Lipinski definition) is 8. The van der Waals surface area contributed by atoms with Gasteiger partial charge in [0.2, 0.25) is 0 Å². The summed E-state index contributed by atoms with van der Waals surface area (Å²) in [6, 6.07) is 12.3. The van der Waals surface area contributed by atoms with Crippen LogP contribution >= 0.6 is 0 Å². The number of rotatable bonds is 8. The van der Waals surface area contributed by atoms with Crippen LogP contribution in [0.3, 0.4) is 0 Å². The van der Waals surface area contributed by atoms with Crippen molar-refractivity contribution < 1.29 is 33.0 Å². The van der Waals surface area contributed by atoms with Crippen LogP contribution in [0.15, 0.2) is 69.0 Å². The SMILES string of the molecule is CCOC(=O)C1=C(COC(=O)c2ccc(COc3ccc4c(C)cc(=O)oc4c3)cc2)NC(=O)NC1C. The molecule has 10 heteroatoms. The summed E-state index contributed by atoms with van der Waals surface area (Å²) in [7, 11) is 0. The van der Waals surface area contributed by atoms with E-state index >= 15 is 0 Å². The highest BCUT2D eigenvalue weighted by Crippen LogP contribution is 2.23. The first kappa shape index (κ1) is 25.5. The highest BCUT2D eigenvalue weighted by atomic mass is 16.5. The molecule has 0 spiro atoms. The zero-order valence-electron chi connectivity index (χ0n) is 20.6. The standard InChI is InChI=1S/C27H26N2O8/c1-4-34-26(32)24-16(3)28-27(33)29-21(24)14-36-25(31)18-7-5-17(6-8-18)13-35-19-9-10-20-15(2)11-23(30)37-22(20)12-19/h5-12,16H,4,13-14H2,1-3H3,(H2,28,29,33). The summed E-state index contributed by atoms with van der Waals surface area (Å²) in [5.74, 6) is -0.682. The molecular weight excluding hydrogens is 480 g/mol. The number of carbonyl (C=O) groups excluding carboxylic acids is 3. The Kier molecular flexibility index (Phi) is 7.57. The number of nitrogens with one attached hydrogen (secondary N) is 2. The lowest BCUT2D eigenvalue weighted by Gasteiger charge is -2.26. The smallest absolute Gasteiger partial charge is 0.338 e. The van der Waals surface area contributed by atoms with E-state index in [2.05, 4.69) is 10.6 Å². The Bertz CT molecular complexity index is 1440. The van der Waals surface area contributed by atoms with Gasteiger partial charge in [0.15, 0.2) is 0 Å². The predicted molar refractivity (Wildman–Crippen MR) is 133 cm³/mol. The molecule has 1 atom stereocenters. The Labute approximate surface area is 212 Å². The largest absolute Gasteiger partial charge is 0.489 e. The number of aryl methyl sites for hydroxylation is 1. The van der Waals surface area contributed by atoms with E-state index in [9.17, 15) is 19.2 Å². The van der Waals surface area contributed by atoms with Gasteiger partial charge in [-0.3, -0.25) is 0 Å². The van der Waals surface area contributed by atoms with Gasteiger partial charge in [-0.1, -0.05) is 12.1 Å². The van der Waals surface area contributed by atoms with Crippen LogP contribution in [-0.4, -0.2) is 37.2 Å². The minimum absolute atomic E-state index is 0.170. The fourth-order valence-electron chi connectivity index (χ4n) is 3.91. The molecule has 37 heavy (non-hydrogen) atoms. The third-order valence-corrected chi connectivity index (χ3v) is 5.73. The third kappa shape index (κ3) is 5.97. The monoisotopic (exact) mass is 506 g/mol. The van der Waals surface area contributed by atoms with Crippen LogP contribution in [0.4, 0.5) is 4.79 Å². The molecule has 4 rings (SSSR count). The van der Waals surface area contributed by atoms with Crippen molar-refractivity contribution in [2.75, 3.05) is 13.2 Å². The van der Waals surface area contributed by atoms with Crippen molar-refractivity contribution in [1.29, 1.82) is 0 Å². The van der Waals surface area contributed by atoms with Crippen molar-refractivity contribution in [3.63, 3.8) is 0 Å². The Morgan fingerprint density at radius 2 is 1.73 bits per heavy atom. The molecule has 0 saturated carbocycles. The molecule has 1 aliphatic rings. The summed E-state index contributed by atoms with van der Waals surface area (Å²) < 4.78 is 21.4. The number of hydrogen-bond donors (Lipinski definition) is 2. The molecule has 2 aromatic carbocycles. The molecule has 3 aromatic rings. The Balaban J connectivity index is 1.38. The molecule has 0 fully saturated rings. The quantitative estimate of drug-likeness (QED) is 0.351. The van der Waals surface area contributed by atoms with Crippen LogP contribution in [0, 0.1) is 6.92 Å². The molecule has 0 radical (unpaired) electrons. The topological polar surface area (TPSA) is 133 Å². The van der Waals surface area contributed by atoms with E-state index in [4.69, 9.17) is 18.6 Å². The van der Waals surface area contributed by atoms with Crippen molar-refractivity contribution in [3.8, 4) is 5.75 Å². The van der Waals surface area contributed by atoms with Gasteiger partial charge in [0.05, 0.1) is 29.5 Å². The van der Waals surface area contributed by atoms with E-state index in [0.717, 1.165) is 16.5 Å². The number of fused-ring (bicyclic) bond motifs is 1. The molecular formula is C27H26N2O8. The van der Waals surface area contributed by atoms with E-state index in [1.807, 2.05) is 13.0 Å². The normalized spacial score (nSPS) is 15.1. The van der Waals surface area contributed by atoms with Crippen molar-refractivity contribution in [3.05, 3.63) is 86.9 Å². The molecule has 192 valence electrons. The average Bonchev–Trinajstić information content (AvgIpc) is 2.85. The first-order valence-corrected chi connectivity index (χ1v) is 11.7. The highest BCUT2D eigenvalue weighted by molar-refractivity contribution is 5.95. The van der Waals surface area contributed by atoms with Crippen LogP contribution < -0.4 is 21.0 Å². The van der Waals surface area contributed by atoms with E-state index in [1.165, 1.54) is 6.07 Å². The second-order valence-corrected chi connectivity index (χ2v) is 8.40. The first-order chi connectivity index (χ1) is 17.7. The second-order valence-electron chi connectivity index (χ2n) is 8.40. The molecule has 0 aliphatic carbocycles. The number of amides is 2. The van der Waals surface area contributed by atoms with Gasteiger partial charge in [-0.05, 0) is 56.2 Å². The molecule has 1 aromatic heterocycles. The lowest BCUT2D eigenvalue weighted by atomic mass is 10.0. The van der Waals surface area contributed by atoms with Crippen LogP contribution in [-0.2, 0) is 20.9 Å². The van der Waals surface area contributed by atoms with E-state index in [-0.39, 0.29) is 31.1 Å².